The summed E-state index contributed by atoms with van der Waals surface area (Å²) >= 11 is 12.3. The first-order valence-electron chi connectivity index (χ1n) is 7.77. The Morgan fingerprint density at radius 3 is 2.61 bits per heavy atom. The van der Waals surface area contributed by atoms with Crippen molar-refractivity contribution in [2.45, 2.75) is 51.2 Å². The van der Waals surface area contributed by atoms with Crippen molar-refractivity contribution in [3.63, 3.8) is 0 Å². The number of hydrogen-bond donors (Lipinski definition) is 1. The van der Waals surface area contributed by atoms with Crippen LogP contribution in [0.25, 0.3) is 0 Å². The molecular weight excluding hydrogens is 337 g/mol. The Morgan fingerprint density at radius 2 is 1.96 bits per heavy atom. The van der Waals surface area contributed by atoms with Gasteiger partial charge in [-0.05, 0) is 46.1 Å². The van der Waals surface area contributed by atoms with E-state index in [0.29, 0.717) is 48.0 Å². The molecule has 1 aromatic rings. The second kappa shape index (κ2) is 6.88. The van der Waals surface area contributed by atoms with Gasteiger partial charge in [-0.15, -0.1) is 0 Å². The number of carbonyl (C=O) groups excluding carboxylic acids is 1. The van der Waals surface area contributed by atoms with Crippen LogP contribution in [0.1, 0.15) is 45.6 Å². The van der Waals surface area contributed by atoms with Crippen LogP contribution >= 0.6 is 23.2 Å². The van der Waals surface area contributed by atoms with E-state index in [1.54, 1.807) is 23.1 Å². The number of halogens is 2. The van der Waals surface area contributed by atoms with Crippen LogP contribution < -0.4 is 0 Å². The van der Waals surface area contributed by atoms with Crippen molar-refractivity contribution in [1.29, 1.82) is 0 Å². The molecule has 1 aromatic carbocycles. The van der Waals surface area contributed by atoms with Gasteiger partial charge in [0.2, 0.25) is 0 Å². The highest BCUT2D eigenvalue weighted by Crippen LogP contribution is 2.39. The van der Waals surface area contributed by atoms with E-state index in [4.69, 9.17) is 27.9 Å². The molecule has 1 N–H and O–H groups in total. The maximum Gasteiger partial charge on any atom is 0.410 e. The van der Waals surface area contributed by atoms with Gasteiger partial charge in [0.15, 0.2) is 0 Å². The minimum atomic E-state index is -1.08. The van der Waals surface area contributed by atoms with Gasteiger partial charge in [0.1, 0.15) is 5.60 Å². The van der Waals surface area contributed by atoms with Crippen molar-refractivity contribution in [3.8, 4) is 0 Å². The second-order valence-electron chi connectivity index (χ2n) is 6.95. The minimum Gasteiger partial charge on any atom is -0.444 e. The molecule has 2 rings (SSSR count). The fourth-order valence-corrected chi connectivity index (χ4v) is 3.24. The summed E-state index contributed by atoms with van der Waals surface area (Å²) in [5.41, 5.74) is -0.993. The standard InChI is InChI=1S/C17H23Cl2NO3/c1-16(2,3)23-15(21)20-10-5-8-17(22,9-11-20)12-6-4-7-13(18)14(12)19/h4,6-7,22H,5,8-11H2,1-3H3. The summed E-state index contributed by atoms with van der Waals surface area (Å²) in [6.45, 7) is 6.48. The highest BCUT2D eigenvalue weighted by Gasteiger charge is 2.36. The Balaban J connectivity index is 2.14. The molecule has 128 valence electrons. The fraction of sp³-hybridized carbons (Fsp3) is 0.588. The molecule has 1 saturated heterocycles. The third-order valence-corrected chi connectivity index (χ3v) is 4.74. The van der Waals surface area contributed by atoms with E-state index in [1.165, 1.54) is 0 Å². The van der Waals surface area contributed by atoms with E-state index in [0.717, 1.165) is 0 Å². The molecule has 0 aromatic heterocycles. The third kappa shape index (κ3) is 4.52. The van der Waals surface area contributed by atoms with Crippen molar-refractivity contribution in [3.05, 3.63) is 33.8 Å². The van der Waals surface area contributed by atoms with Crippen molar-refractivity contribution >= 4 is 29.3 Å². The van der Waals surface area contributed by atoms with Gasteiger partial charge in [0, 0.05) is 18.7 Å². The third-order valence-electron chi connectivity index (χ3n) is 3.92. The average molecular weight is 360 g/mol. The van der Waals surface area contributed by atoms with E-state index in [1.807, 2.05) is 20.8 Å². The zero-order valence-corrected chi connectivity index (χ0v) is 15.2. The molecule has 0 radical (unpaired) electrons. The topological polar surface area (TPSA) is 49.8 Å². The number of ether oxygens (including phenoxy) is 1. The molecule has 6 heteroatoms. The van der Waals surface area contributed by atoms with Crippen molar-refractivity contribution in [1.82, 2.24) is 4.90 Å². The van der Waals surface area contributed by atoms with E-state index in [9.17, 15) is 9.90 Å². The van der Waals surface area contributed by atoms with Crippen LogP contribution in [0.4, 0.5) is 4.79 Å². The average Bonchev–Trinajstić information content (AvgIpc) is 2.63. The summed E-state index contributed by atoms with van der Waals surface area (Å²) < 4.78 is 5.41. The van der Waals surface area contributed by atoms with Crippen molar-refractivity contribution < 1.29 is 14.6 Å². The van der Waals surface area contributed by atoms with Crippen molar-refractivity contribution in [2.75, 3.05) is 13.1 Å². The van der Waals surface area contributed by atoms with Gasteiger partial charge in [-0.3, -0.25) is 0 Å². The first kappa shape index (κ1) is 18.4. The SMILES string of the molecule is CC(C)(C)OC(=O)N1CCCC(O)(c2cccc(Cl)c2Cl)CC1. The van der Waals surface area contributed by atoms with E-state index >= 15 is 0 Å². The monoisotopic (exact) mass is 359 g/mol. The van der Waals surface area contributed by atoms with Crippen LogP contribution in [0.15, 0.2) is 18.2 Å². The van der Waals surface area contributed by atoms with Crippen LogP contribution in [0, 0.1) is 0 Å². The number of aliphatic hydroxyl groups is 1. The zero-order chi connectivity index (χ0) is 17.3. The molecule has 0 aliphatic carbocycles. The molecule has 23 heavy (non-hydrogen) atoms. The first-order valence-corrected chi connectivity index (χ1v) is 8.53. The lowest BCUT2D eigenvalue weighted by molar-refractivity contribution is 0.0129. The van der Waals surface area contributed by atoms with E-state index in [2.05, 4.69) is 0 Å². The molecule has 4 nitrogen and oxygen atoms in total. The summed E-state index contributed by atoms with van der Waals surface area (Å²) in [5.74, 6) is 0. The van der Waals surface area contributed by atoms with Gasteiger partial charge in [-0.2, -0.15) is 0 Å². The lowest BCUT2D eigenvalue weighted by Crippen LogP contribution is -2.38. The Labute approximate surface area is 147 Å². The molecule has 1 heterocycles. The number of likely N-dealkylation sites (tertiary alicyclic amines) is 1. The Morgan fingerprint density at radius 1 is 1.26 bits per heavy atom. The molecule has 1 aliphatic heterocycles. The number of amides is 1. The summed E-state index contributed by atoms with van der Waals surface area (Å²) in [6.07, 6.45) is 1.23. The molecule has 1 unspecified atom stereocenters. The number of carbonyl (C=O) groups is 1. The van der Waals surface area contributed by atoms with Gasteiger partial charge < -0.3 is 14.7 Å². The molecular formula is C17H23Cl2NO3. The molecule has 1 fully saturated rings. The van der Waals surface area contributed by atoms with Crippen LogP contribution in [0.2, 0.25) is 10.0 Å². The largest absolute Gasteiger partial charge is 0.444 e. The Hall–Kier alpha value is -0.970. The molecule has 0 spiro atoms. The van der Waals surface area contributed by atoms with E-state index < -0.39 is 11.2 Å². The highest BCUT2D eigenvalue weighted by molar-refractivity contribution is 6.42. The summed E-state index contributed by atoms with van der Waals surface area (Å²) in [7, 11) is 0. The van der Waals surface area contributed by atoms with Crippen LogP contribution in [-0.2, 0) is 10.3 Å². The van der Waals surface area contributed by atoms with Crippen LogP contribution in [0.5, 0.6) is 0 Å². The predicted octanol–water partition coefficient (Wildman–Crippen LogP) is 4.60. The van der Waals surface area contributed by atoms with Crippen LogP contribution in [-0.4, -0.2) is 34.8 Å². The summed E-state index contributed by atoms with van der Waals surface area (Å²) in [6, 6.07) is 5.26. The Kier molecular flexibility index (Phi) is 5.49. The normalized spacial score (nSPS) is 22.6. The zero-order valence-electron chi connectivity index (χ0n) is 13.7. The molecule has 1 amide bonds. The number of rotatable bonds is 1. The van der Waals surface area contributed by atoms with Gasteiger partial charge in [0.25, 0.3) is 0 Å². The fourth-order valence-electron chi connectivity index (χ4n) is 2.76. The highest BCUT2D eigenvalue weighted by atomic mass is 35.5. The smallest absolute Gasteiger partial charge is 0.410 e. The van der Waals surface area contributed by atoms with Crippen molar-refractivity contribution in [2.24, 2.45) is 0 Å². The van der Waals surface area contributed by atoms with Gasteiger partial charge in [0.05, 0.1) is 15.6 Å². The predicted molar refractivity (Wildman–Crippen MR) is 92.0 cm³/mol. The maximum absolute atomic E-state index is 12.2. The van der Waals surface area contributed by atoms with Gasteiger partial charge in [-0.25, -0.2) is 4.79 Å². The maximum atomic E-state index is 12.2. The second-order valence-corrected chi connectivity index (χ2v) is 7.74. The van der Waals surface area contributed by atoms with Gasteiger partial charge >= 0.3 is 6.09 Å². The first-order chi connectivity index (χ1) is 10.6. The lowest BCUT2D eigenvalue weighted by atomic mass is 9.87. The number of nitrogens with zero attached hydrogens (tertiary/aromatic N) is 1. The molecule has 1 atom stereocenters. The van der Waals surface area contributed by atoms with Crippen LogP contribution in [0.3, 0.4) is 0 Å². The lowest BCUT2D eigenvalue weighted by Gasteiger charge is -2.29. The molecule has 0 bridgehead atoms. The molecule has 0 saturated carbocycles. The minimum absolute atomic E-state index is 0.348. The Bertz CT molecular complexity index is 586. The molecule has 1 aliphatic rings. The summed E-state index contributed by atoms with van der Waals surface area (Å²) in [4.78, 5) is 13.9. The summed E-state index contributed by atoms with van der Waals surface area (Å²) in [5, 5.41) is 11.8. The van der Waals surface area contributed by atoms with Gasteiger partial charge in [-0.1, -0.05) is 35.3 Å². The quantitative estimate of drug-likeness (QED) is 0.796. The van der Waals surface area contributed by atoms with E-state index in [-0.39, 0.29) is 6.09 Å². The number of benzene rings is 1. The number of hydrogen-bond acceptors (Lipinski definition) is 3.